The largest absolute Gasteiger partial charge is 0.348 e. The Hall–Kier alpha value is -1.23. The lowest BCUT2D eigenvalue weighted by atomic mass is 10.4. The van der Waals surface area contributed by atoms with Crippen LogP contribution in [0.2, 0.25) is 0 Å². The molecule has 0 fully saturated rings. The highest BCUT2D eigenvalue weighted by Crippen LogP contribution is 2.15. The van der Waals surface area contributed by atoms with Gasteiger partial charge in [0, 0.05) is 37.1 Å². The summed E-state index contributed by atoms with van der Waals surface area (Å²) in [6.45, 7) is 0. The molecule has 0 aromatic carbocycles. The van der Waals surface area contributed by atoms with Crippen molar-refractivity contribution < 1.29 is 0 Å². The molecule has 5 heteroatoms. The molecule has 0 saturated carbocycles. The molecule has 0 unspecified atom stereocenters. The number of hydrogen-bond acceptors (Lipinski definition) is 3. The Labute approximate surface area is 86.8 Å². The van der Waals surface area contributed by atoms with E-state index in [0.29, 0.717) is 0 Å². The van der Waals surface area contributed by atoms with E-state index in [1.54, 1.807) is 18.1 Å². The van der Waals surface area contributed by atoms with Crippen molar-refractivity contribution in [1.82, 2.24) is 19.5 Å². The second-order valence-corrected chi connectivity index (χ2v) is 4.06. The molecule has 0 radical (unpaired) electrons. The molecule has 2 aromatic heterocycles. The van der Waals surface area contributed by atoms with Crippen LogP contribution in [0.15, 0.2) is 30.1 Å². The molecule has 1 N–H and O–H groups in total. The van der Waals surface area contributed by atoms with Crippen LogP contribution in [-0.2, 0) is 13.5 Å². The number of thioether (sulfide) groups is 1. The lowest BCUT2D eigenvalue weighted by Gasteiger charge is -1.99. The van der Waals surface area contributed by atoms with E-state index < -0.39 is 0 Å². The van der Waals surface area contributed by atoms with Crippen molar-refractivity contribution in [2.45, 2.75) is 11.6 Å². The number of rotatable bonds is 4. The van der Waals surface area contributed by atoms with Crippen LogP contribution < -0.4 is 0 Å². The molecule has 14 heavy (non-hydrogen) atoms. The van der Waals surface area contributed by atoms with Crippen molar-refractivity contribution in [2.75, 3.05) is 5.75 Å². The number of aromatic amines is 1. The van der Waals surface area contributed by atoms with Gasteiger partial charge in [0.2, 0.25) is 0 Å². The highest BCUT2D eigenvalue weighted by molar-refractivity contribution is 7.99. The summed E-state index contributed by atoms with van der Waals surface area (Å²) in [6.07, 6.45) is 8.34. The molecule has 0 aliphatic carbocycles. The number of aromatic nitrogens is 4. The molecular weight excluding hydrogens is 196 g/mol. The summed E-state index contributed by atoms with van der Waals surface area (Å²) in [7, 11) is 2.01. The maximum Gasteiger partial charge on any atom is 0.167 e. The zero-order chi connectivity index (χ0) is 9.80. The Balaban J connectivity index is 1.81. The molecule has 4 nitrogen and oxygen atoms in total. The first-order valence-corrected chi connectivity index (χ1v) is 5.42. The first kappa shape index (κ1) is 9.33. The standard InChI is InChI=1S/C9H12N4S/c1-13-4-3-11-9(13)14-5-2-8-6-10-7-12-8/h3-4,6-7H,2,5H2,1H3,(H,10,12). The number of aryl methyl sites for hydroxylation is 2. The Morgan fingerprint density at radius 1 is 1.57 bits per heavy atom. The zero-order valence-electron chi connectivity index (χ0n) is 7.97. The van der Waals surface area contributed by atoms with E-state index in [2.05, 4.69) is 15.0 Å². The van der Waals surface area contributed by atoms with Crippen LogP contribution in [0.4, 0.5) is 0 Å². The summed E-state index contributed by atoms with van der Waals surface area (Å²) in [6, 6.07) is 0. The Kier molecular flexibility index (Phi) is 2.88. The van der Waals surface area contributed by atoms with Crippen molar-refractivity contribution in [1.29, 1.82) is 0 Å². The highest BCUT2D eigenvalue weighted by Gasteiger charge is 2.00. The van der Waals surface area contributed by atoms with Gasteiger partial charge in [0.1, 0.15) is 0 Å². The lowest BCUT2D eigenvalue weighted by molar-refractivity contribution is 0.789. The van der Waals surface area contributed by atoms with Gasteiger partial charge in [0.25, 0.3) is 0 Å². The summed E-state index contributed by atoms with van der Waals surface area (Å²) >= 11 is 1.76. The molecule has 74 valence electrons. The summed E-state index contributed by atoms with van der Waals surface area (Å²) in [5, 5.41) is 1.06. The first-order valence-electron chi connectivity index (χ1n) is 4.43. The van der Waals surface area contributed by atoms with Crippen LogP contribution in [0.1, 0.15) is 5.69 Å². The fraction of sp³-hybridized carbons (Fsp3) is 0.333. The van der Waals surface area contributed by atoms with Gasteiger partial charge in [0.15, 0.2) is 5.16 Å². The predicted molar refractivity (Wildman–Crippen MR) is 56.2 cm³/mol. The predicted octanol–water partition coefficient (Wildman–Crippen LogP) is 1.48. The van der Waals surface area contributed by atoms with E-state index in [9.17, 15) is 0 Å². The van der Waals surface area contributed by atoms with Crippen LogP contribution >= 0.6 is 11.8 Å². The summed E-state index contributed by atoms with van der Waals surface area (Å²) < 4.78 is 2.03. The van der Waals surface area contributed by atoms with E-state index in [1.165, 1.54) is 5.69 Å². The SMILES string of the molecule is Cn1ccnc1SCCc1cnc[nH]1. The molecule has 0 aliphatic rings. The molecule has 2 heterocycles. The van der Waals surface area contributed by atoms with Crippen LogP contribution in [0.25, 0.3) is 0 Å². The van der Waals surface area contributed by atoms with Gasteiger partial charge >= 0.3 is 0 Å². The summed E-state index contributed by atoms with van der Waals surface area (Å²) in [4.78, 5) is 11.3. The minimum atomic E-state index is 0.998. The molecule has 0 spiro atoms. The van der Waals surface area contributed by atoms with E-state index in [0.717, 1.165) is 17.3 Å². The molecule has 2 aromatic rings. The van der Waals surface area contributed by atoms with Gasteiger partial charge in [0.05, 0.1) is 6.33 Å². The fourth-order valence-electron chi connectivity index (χ4n) is 1.16. The number of imidazole rings is 2. The number of hydrogen-bond donors (Lipinski definition) is 1. The maximum atomic E-state index is 4.23. The number of nitrogens with one attached hydrogen (secondary N) is 1. The van der Waals surface area contributed by atoms with Gasteiger partial charge in [-0.05, 0) is 6.42 Å². The Bertz CT molecular complexity index is 379. The van der Waals surface area contributed by atoms with E-state index in [4.69, 9.17) is 0 Å². The van der Waals surface area contributed by atoms with Crippen molar-refractivity contribution in [3.05, 3.63) is 30.6 Å². The van der Waals surface area contributed by atoms with Crippen LogP contribution in [0.3, 0.4) is 0 Å². The Morgan fingerprint density at radius 3 is 3.14 bits per heavy atom. The quantitative estimate of drug-likeness (QED) is 0.774. The van der Waals surface area contributed by atoms with Gasteiger partial charge in [-0.3, -0.25) is 0 Å². The number of nitrogens with zero attached hydrogens (tertiary/aromatic N) is 3. The van der Waals surface area contributed by atoms with E-state index >= 15 is 0 Å². The molecular formula is C9H12N4S. The maximum absolute atomic E-state index is 4.23. The molecule has 0 amide bonds. The summed E-state index contributed by atoms with van der Waals surface area (Å²) in [5.74, 6) is 1.02. The van der Waals surface area contributed by atoms with Crippen molar-refractivity contribution in [3.8, 4) is 0 Å². The third kappa shape index (κ3) is 2.17. The second-order valence-electron chi connectivity index (χ2n) is 3.00. The second kappa shape index (κ2) is 4.32. The van der Waals surface area contributed by atoms with Crippen molar-refractivity contribution in [2.24, 2.45) is 7.05 Å². The molecule has 0 atom stereocenters. The zero-order valence-corrected chi connectivity index (χ0v) is 8.79. The minimum absolute atomic E-state index is 0.998. The monoisotopic (exact) mass is 208 g/mol. The molecule has 0 aliphatic heterocycles. The van der Waals surface area contributed by atoms with Crippen molar-refractivity contribution in [3.63, 3.8) is 0 Å². The minimum Gasteiger partial charge on any atom is -0.348 e. The van der Waals surface area contributed by atoms with Crippen molar-refractivity contribution >= 4 is 11.8 Å². The van der Waals surface area contributed by atoms with Crippen LogP contribution in [-0.4, -0.2) is 25.3 Å². The smallest absolute Gasteiger partial charge is 0.167 e. The van der Waals surface area contributed by atoms with Crippen LogP contribution in [0.5, 0.6) is 0 Å². The average molecular weight is 208 g/mol. The topological polar surface area (TPSA) is 46.5 Å². The van der Waals surface area contributed by atoms with Gasteiger partial charge in [-0.2, -0.15) is 0 Å². The third-order valence-corrected chi connectivity index (χ3v) is 2.99. The fourth-order valence-corrected chi connectivity index (χ4v) is 2.07. The van der Waals surface area contributed by atoms with Gasteiger partial charge < -0.3 is 9.55 Å². The molecule has 0 saturated heterocycles. The van der Waals surface area contributed by atoms with Gasteiger partial charge in [-0.1, -0.05) is 11.8 Å². The summed E-state index contributed by atoms with van der Waals surface area (Å²) in [5.41, 5.74) is 1.17. The highest BCUT2D eigenvalue weighted by atomic mass is 32.2. The Morgan fingerprint density at radius 2 is 2.50 bits per heavy atom. The molecule has 2 rings (SSSR count). The normalized spacial score (nSPS) is 10.6. The third-order valence-electron chi connectivity index (χ3n) is 1.93. The van der Waals surface area contributed by atoms with Gasteiger partial charge in [-0.25, -0.2) is 9.97 Å². The molecule has 0 bridgehead atoms. The van der Waals surface area contributed by atoms with E-state index in [1.807, 2.05) is 30.2 Å². The van der Waals surface area contributed by atoms with E-state index in [-0.39, 0.29) is 0 Å². The lowest BCUT2D eigenvalue weighted by Crippen LogP contribution is -1.93. The van der Waals surface area contributed by atoms with Crippen LogP contribution in [0, 0.1) is 0 Å². The average Bonchev–Trinajstić information content (AvgIpc) is 2.78. The number of H-pyrrole nitrogens is 1. The van der Waals surface area contributed by atoms with Gasteiger partial charge in [-0.15, -0.1) is 0 Å². The first-order chi connectivity index (χ1) is 6.86.